The van der Waals surface area contributed by atoms with Gasteiger partial charge in [0.05, 0.1) is 11.9 Å². The summed E-state index contributed by atoms with van der Waals surface area (Å²) in [4.78, 5) is 28.8. The summed E-state index contributed by atoms with van der Waals surface area (Å²) in [5, 5.41) is 3.29. The Morgan fingerprint density at radius 1 is 0.947 bits per heavy atom. The minimum Gasteiger partial charge on any atom is -0.355 e. The smallest absolute Gasteiger partial charge is 0.244 e. The number of halogens is 1. The van der Waals surface area contributed by atoms with E-state index in [-0.39, 0.29) is 18.9 Å². The molecule has 3 aromatic carbocycles. The van der Waals surface area contributed by atoms with Crippen LogP contribution in [0.3, 0.4) is 0 Å². The van der Waals surface area contributed by atoms with Crippen molar-refractivity contribution >= 4 is 39.1 Å². The molecule has 3 aromatic rings. The van der Waals surface area contributed by atoms with Gasteiger partial charge in [0.2, 0.25) is 21.8 Å². The van der Waals surface area contributed by atoms with Crippen molar-refractivity contribution in [1.29, 1.82) is 0 Å². The van der Waals surface area contributed by atoms with Crippen LogP contribution in [-0.4, -0.2) is 50.5 Å². The van der Waals surface area contributed by atoms with E-state index in [1.165, 1.54) is 4.90 Å². The molecule has 0 heterocycles. The van der Waals surface area contributed by atoms with E-state index in [1.807, 2.05) is 57.2 Å². The molecule has 38 heavy (non-hydrogen) atoms. The first kappa shape index (κ1) is 29.2. The van der Waals surface area contributed by atoms with Crippen molar-refractivity contribution in [2.75, 3.05) is 23.7 Å². The largest absolute Gasteiger partial charge is 0.355 e. The SMILES string of the molecule is CCNC(=O)[C@H](Cc1ccccc1)N(Cc1ccccc1Cl)C(=O)CN(c1cc(C)cc(C)c1)S(C)(=O)=O. The van der Waals surface area contributed by atoms with Gasteiger partial charge in [-0.3, -0.25) is 13.9 Å². The number of rotatable bonds is 11. The highest BCUT2D eigenvalue weighted by Gasteiger charge is 2.33. The number of amides is 2. The number of benzene rings is 3. The maximum Gasteiger partial charge on any atom is 0.244 e. The van der Waals surface area contributed by atoms with E-state index in [1.54, 1.807) is 36.4 Å². The first-order chi connectivity index (χ1) is 18.0. The third kappa shape index (κ3) is 7.82. The van der Waals surface area contributed by atoms with E-state index < -0.39 is 28.5 Å². The zero-order chi connectivity index (χ0) is 27.9. The number of sulfonamides is 1. The van der Waals surface area contributed by atoms with E-state index in [2.05, 4.69) is 5.32 Å². The third-order valence-corrected chi connectivity index (χ3v) is 7.60. The van der Waals surface area contributed by atoms with Gasteiger partial charge < -0.3 is 10.2 Å². The standard InChI is InChI=1S/C29H34ClN3O4S/c1-5-31-29(35)27(18-23-11-7-6-8-12-23)32(19-24-13-9-10-14-26(24)30)28(34)20-33(38(4,36)37)25-16-21(2)15-22(3)17-25/h6-17,27H,5,18-20H2,1-4H3,(H,31,35)/t27-/m0/s1. The lowest BCUT2D eigenvalue weighted by molar-refractivity contribution is -0.140. The fraction of sp³-hybridized carbons (Fsp3) is 0.310. The number of hydrogen-bond acceptors (Lipinski definition) is 4. The van der Waals surface area contributed by atoms with Crippen molar-refractivity contribution in [3.05, 3.63) is 100 Å². The van der Waals surface area contributed by atoms with Crippen LogP contribution in [0.2, 0.25) is 5.02 Å². The van der Waals surface area contributed by atoms with Crippen LogP contribution in [0.15, 0.2) is 72.8 Å². The quantitative estimate of drug-likeness (QED) is 0.377. The molecule has 2 amide bonds. The second-order valence-electron chi connectivity index (χ2n) is 9.33. The van der Waals surface area contributed by atoms with Gasteiger partial charge in [0.25, 0.3) is 0 Å². The van der Waals surface area contributed by atoms with Crippen LogP contribution < -0.4 is 9.62 Å². The lowest BCUT2D eigenvalue weighted by Crippen LogP contribution is -2.53. The predicted molar refractivity (Wildman–Crippen MR) is 153 cm³/mol. The van der Waals surface area contributed by atoms with Crippen molar-refractivity contribution in [3.8, 4) is 0 Å². The number of likely N-dealkylation sites (N-methyl/N-ethyl adjacent to an activating group) is 1. The highest BCUT2D eigenvalue weighted by molar-refractivity contribution is 7.92. The fourth-order valence-electron chi connectivity index (χ4n) is 4.36. The molecule has 1 N–H and O–H groups in total. The summed E-state index contributed by atoms with van der Waals surface area (Å²) in [7, 11) is -3.82. The highest BCUT2D eigenvalue weighted by atomic mass is 35.5. The van der Waals surface area contributed by atoms with Crippen LogP contribution in [-0.2, 0) is 32.6 Å². The van der Waals surface area contributed by atoms with Crippen molar-refractivity contribution in [2.45, 2.75) is 39.8 Å². The summed E-state index contributed by atoms with van der Waals surface area (Å²) in [5.41, 5.74) is 3.67. The third-order valence-electron chi connectivity index (χ3n) is 6.09. The van der Waals surface area contributed by atoms with Crippen LogP contribution in [0.5, 0.6) is 0 Å². The molecule has 0 spiro atoms. The molecule has 202 valence electrons. The topological polar surface area (TPSA) is 86.8 Å². The Morgan fingerprint density at radius 3 is 2.13 bits per heavy atom. The Bertz CT molecular complexity index is 1360. The summed E-state index contributed by atoms with van der Waals surface area (Å²) < 4.78 is 26.8. The first-order valence-corrected chi connectivity index (χ1v) is 14.6. The van der Waals surface area contributed by atoms with Crippen LogP contribution in [0.4, 0.5) is 5.69 Å². The molecule has 0 aliphatic heterocycles. The van der Waals surface area contributed by atoms with Crippen LogP contribution >= 0.6 is 11.6 Å². The zero-order valence-electron chi connectivity index (χ0n) is 22.1. The average Bonchev–Trinajstić information content (AvgIpc) is 2.85. The molecule has 3 rings (SSSR count). The summed E-state index contributed by atoms with van der Waals surface area (Å²) in [6.45, 7) is 5.51. The Labute approximate surface area is 230 Å². The number of hydrogen-bond donors (Lipinski definition) is 1. The number of carbonyl (C=O) groups is 2. The van der Waals surface area contributed by atoms with Gasteiger partial charge in [-0.05, 0) is 61.2 Å². The van der Waals surface area contributed by atoms with Gasteiger partial charge in [-0.2, -0.15) is 0 Å². The summed E-state index contributed by atoms with van der Waals surface area (Å²) >= 11 is 6.44. The maximum absolute atomic E-state index is 14.0. The number of carbonyl (C=O) groups excluding carboxylic acids is 2. The van der Waals surface area contributed by atoms with Crippen molar-refractivity contribution in [3.63, 3.8) is 0 Å². The minimum absolute atomic E-state index is 0.0393. The Balaban J connectivity index is 2.07. The summed E-state index contributed by atoms with van der Waals surface area (Å²) in [5.74, 6) is -0.837. The zero-order valence-corrected chi connectivity index (χ0v) is 23.7. The molecule has 0 fully saturated rings. The second-order valence-corrected chi connectivity index (χ2v) is 11.6. The van der Waals surface area contributed by atoms with Crippen molar-refractivity contribution < 1.29 is 18.0 Å². The monoisotopic (exact) mass is 555 g/mol. The van der Waals surface area contributed by atoms with Gasteiger partial charge in [-0.15, -0.1) is 0 Å². The van der Waals surface area contributed by atoms with Gasteiger partial charge in [0.1, 0.15) is 12.6 Å². The van der Waals surface area contributed by atoms with E-state index in [0.29, 0.717) is 22.8 Å². The molecule has 0 saturated carbocycles. The molecule has 7 nitrogen and oxygen atoms in total. The first-order valence-electron chi connectivity index (χ1n) is 12.4. The van der Waals surface area contributed by atoms with Gasteiger partial charge in [0.15, 0.2) is 0 Å². The van der Waals surface area contributed by atoms with E-state index >= 15 is 0 Å². The van der Waals surface area contributed by atoms with Gasteiger partial charge in [-0.1, -0.05) is 66.2 Å². The molecule has 1 atom stereocenters. The second kappa shape index (κ2) is 12.9. The molecule has 0 aromatic heterocycles. The molecule has 0 saturated heterocycles. The number of nitrogens with one attached hydrogen (secondary N) is 1. The van der Waals surface area contributed by atoms with Crippen LogP contribution in [0, 0.1) is 13.8 Å². The molecule has 0 unspecified atom stereocenters. The summed E-state index contributed by atoms with van der Waals surface area (Å²) in [6.07, 6.45) is 1.33. The summed E-state index contributed by atoms with van der Waals surface area (Å²) in [6, 6.07) is 21.0. The van der Waals surface area contributed by atoms with E-state index in [4.69, 9.17) is 11.6 Å². The molecular formula is C29H34ClN3O4S. The van der Waals surface area contributed by atoms with Gasteiger partial charge in [0, 0.05) is 24.5 Å². The Kier molecular flexibility index (Phi) is 9.94. The molecule has 0 aliphatic carbocycles. The molecule has 0 radical (unpaired) electrons. The normalized spacial score (nSPS) is 12.0. The van der Waals surface area contributed by atoms with Crippen molar-refractivity contribution in [1.82, 2.24) is 10.2 Å². The number of anilines is 1. The lowest BCUT2D eigenvalue weighted by atomic mass is 10.0. The minimum atomic E-state index is -3.82. The molecule has 9 heteroatoms. The fourth-order valence-corrected chi connectivity index (χ4v) is 5.39. The van der Waals surface area contributed by atoms with Gasteiger partial charge in [-0.25, -0.2) is 8.42 Å². The van der Waals surface area contributed by atoms with Crippen LogP contribution in [0.1, 0.15) is 29.2 Å². The number of nitrogens with zero attached hydrogens (tertiary/aromatic N) is 2. The number of aryl methyl sites for hydroxylation is 2. The predicted octanol–water partition coefficient (Wildman–Crippen LogP) is 4.50. The maximum atomic E-state index is 14.0. The Hall–Kier alpha value is -3.36. The lowest BCUT2D eigenvalue weighted by Gasteiger charge is -2.33. The van der Waals surface area contributed by atoms with Crippen LogP contribution in [0.25, 0.3) is 0 Å². The van der Waals surface area contributed by atoms with E-state index in [9.17, 15) is 18.0 Å². The average molecular weight is 556 g/mol. The molecule has 0 bridgehead atoms. The van der Waals surface area contributed by atoms with Gasteiger partial charge >= 0.3 is 0 Å². The molecule has 0 aliphatic rings. The molecular weight excluding hydrogens is 522 g/mol. The van der Waals surface area contributed by atoms with Crippen molar-refractivity contribution in [2.24, 2.45) is 0 Å². The highest BCUT2D eigenvalue weighted by Crippen LogP contribution is 2.24. The van der Waals surface area contributed by atoms with E-state index in [0.717, 1.165) is 27.3 Å². The Morgan fingerprint density at radius 2 is 1.55 bits per heavy atom.